The van der Waals surface area contributed by atoms with Crippen molar-refractivity contribution in [1.82, 2.24) is 4.57 Å². The van der Waals surface area contributed by atoms with E-state index in [9.17, 15) is 27.2 Å². The van der Waals surface area contributed by atoms with Crippen molar-refractivity contribution >= 4 is 22.6 Å². The maximum Gasteiger partial charge on any atom is 0.341 e. The van der Waals surface area contributed by atoms with Crippen LogP contribution in [0.4, 0.5) is 23.2 Å². The molecule has 0 spiro atoms. The maximum atomic E-state index is 14.0. The van der Waals surface area contributed by atoms with E-state index >= 15 is 0 Å². The zero-order valence-electron chi connectivity index (χ0n) is 10.7. The third-order valence-corrected chi connectivity index (χ3v) is 3.60. The van der Waals surface area contributed by atoms with Crippen LogP contribution in [0, 0.1) is 17.5 Å². The monoisotopic (exact) mass is 316 g/mol. The van der Waals surface area contributed by atoms with Gasteiger partial charge in [0.05, 0.1) is 22.6 Å². The average molecular weight is 316 g/mol. The van der Waals surface area contributed by atoms with Crippen molar-refractivity contribution < 1.29 is 27.5 Å². The smallest absolute Gasteiger partial charge is 0.341 e. The van der Waals surface area contributed by atoms with E-state index in [-0.39, 0.29) is 6.42 Å². The second-order valence-electron chi connectivity index (χ2n) is 4.98. The van der Waals surface area contributed by atoms with E-state index in [0.717, 1.165) is 10.8 Å². The SMILES string of the molecule is Nc1c(F)c(F)c(F)c2c1c(=O)c(C(=O)O)cn2[C@H]1C[C@@H]1F. The van der Waals surface area contributed by atoms with Gasteiger partial charge in [0, 0.05) is 12.6 Å². The predicted molar refractivity (Wildman–Crippen MR) is 68.0 cm³/mol. The van der Waals surface area contributed by atoms with Crippen molar-refractivity contribution in [2.75, 3.05) is 5.73 Å². The quantitative estimate of drug-likeness (QED) is 0.504. The Labute approximate surface area is 119 Å². The predicted octanol–water partition coefficient (Wildman–Crippen LogP) is 1.98. The molecule has 0 radical (unpaired) electrons. The lowest BCUT2D eigenvalue weighted by Crippen LogP contribution is -2.22. The first-order chi connectivity index (χ1) is 10.3. The van der Waals surface area contributed by atoms with E-state index in [2.05, 4.69) is 0 Å². The summed E-state index contributed by atoms with van der Waals surface area (Å²) in [7, 11) is 0. The van der Waals surface area contributed by atoms with E-state index in [4.69, 9.17) is 10.8 Å². The summed E-state index contributed by atoms with van der Waals surface area (Å²) >= 11 is 0. The van der Waals surface area contributed by atoms with Crippen molar-refractivity contribution in [3.8, 4) is 0 Å². The van der Waals surface area contributed by atoms with Crippen LogP contribution in [0.25, 0.3) is 10.9 Å². The number of carboxylic acid groups (broad SMARTS) is 1. The molecule has 0 bridgehead atoms. The Kier molecular flexibility index (Phi) is 2.91. The minimum absolute atomic E-state index is 0.0601. The maximum absolute atomic E-state index is 14.0. The van der Waals surface area contributed by atoms with E-state index in [1.807, 2.05) is 0 Å². The second-order valence-corrected chi connectivity index (χ2v) is 4.98. The van der Waals surface area contributed by atoms with Crippen LogP contribution in [0.2, 0.25) is 0 Å². The molecule has 1 aromatic carbocycles. The highest BCUT2D eigenvalue weighted by atomic mass is 19.2. The minimum Gasteiger partial charge on any atom is -0.477 e. The lowest BCUT2D eigenvalue weighted by Gasteiger charge is -2.14. The number of aromatic nitrogens is 1. The number of fused-ring (bicyclic) bond motifs is 1. The van der Waals surface area contributed by atoms with Crippen LogP contribution in [0.3, 0.4) is 0 Å². The summed E-state index contributed by atoms with van der Waals surface area (Å²) in [6.45, 7) is 0. The van der Waals surface area contributed by atoms with Gasteiger partial charge in [-0.3, -0.25) is 4.79 Å². The fourth-order valence-corrected chi connectivity index (χ4v) is 2.39. The molecule has 1 saturated carbocycles. The van der Waals surface area contributed by atoms with Crippen molar-refractivity contribution in [1.29, 1.82) is 0 Å². The fourth-order valence-electron chi connectivity index (χ4n) is 2.39. The molecule has 1 aliphatic carbocycles. The van der Waals surface area contributed by atoms with Gasteiger partial charge in [0.1, 0.15) is 11.7 Å². The highest BCUT2D eigenvalue weighted by Gasteiger charge is 2.41. The lowest BCUT2D eigenvalue weighted by atomic mass is 10.1. The molecule has 1 fully saturated rings. The van der Waals surface area contributed by atoms with Gasteiger partial charge in [0.15, 0.2) is 17.5 Å². The Balaban J connectivity index is 2.56. The number of hydrogen-bond acceptors (Lipinski definition) is 3. The number of nitrogens with zero attached hydrogens (tertiary/aromatic N) is 1. The normalized spacial score (nSPS) is 20.4. The van der Waals surface area contributed by atoms with Crippen molar-refractivity contribution in [3.05, 3.63) is 39.4 Å². The van der Waals surface area contributed by atoms with Gasteiger partial charge in [0.2, 0.25) is 5.43 Å². The number of nitrogens with two attached hydrogens (primary N) is 1. The van der Waals surface area contributed by atoms with Gasteiger partial charge >= 0.3 is 5.97 Å². The number of carboxylic acids is 1. The summed E-state index contributed by atoms with van der Waals surface area (Å²) in [5, 5.41) is 8.18. The highest BCUT2D eigenvalue weighted by Crippen LogP contribution is 2.42. The largest absolute Gasteiger partial charge is 0.477 e. The second kappa shape index (κ2) is 4.46. The molecule has 0 aliphatic heterocycles. The molecule has 22 heavy (non-hydrogen) atoms. The third kappa shape index (κ3) is 1.78. The van der Waals surface area contributed by atoms with Crippen LogP contribution in [0.15, 0.2) is 11.0 Å². The molecule has 1 aromatic heterocycles. The number of carbonyl (C=O) groups is 1. The number of nitrogen functional groups attached to an aromatic ring is 1. The van der Waals surface area contributed by atoms with Crippen molar-refractivity contribution in [2.45, 2.75) is 18.6 Å². The molecule has 3 N–H and O–H groups in total. The van der Waals surface area contributed by atoms with Gasteiger partial charge in [-0.05, 0) is 0 Å². The summed E-state index contributed by atoms with van der Waals surface area (Å²) in [4.78, 5) is 23.1. The van der Waals surface area contributed by atoms with E-state index in [0.29, 0.717) is 0 Å². The Morgan fingerprint density at radius 3 is 2.36 bits per heavy atom. The third-order valence-electron chi connectivity index (χ3n) is 3.60. The zero-order valence-corrected chi connectivity index (χ0v) is 10.7. The molecule has 116 valence electrons. The lowest BCUT2D eigenvalue weighted by molar-refractivity contribution is 0.0694. The first kappa shape index (κ1) is 14.4. The Morgan fingerprint density at radius 1 is 1.27 bits per heavy atom. The van der Waals surface area contributed by atoms with Gasteiger partial charge in [-0.1, -0.05) is 0 Å². The molecule has 9 heteroatoms. The molecule has 1 aliphatic rings. The number of aromatic carboxylic acids is 1. The molecule has 2 aromatic rings. The van der Waals surface area contributed by atoms with Crippen molar-refractivity contribution in [3.63, 3.8) is 0 Å². The minimum atomic E-state index is -1.91. The molecular weight excluding hydrogens is 308 g/mol. The molecule has 0 saturated heterocycles. The Bertz CT molecular complexity index is 893. The van der Waals surface area contributed by atoms with E-state index < -0.39 is 63.2 Å². The highest BCUT2D eigenvalue weighted by molar-refractivity contribution is 5.97. The van der Waals surface area contributed by atoms with Crippen LogP contribution in [0.5, 0.6) is 0 Å². The number of benzene rings is 1. The molecule has 0 amide bonds. The number of alkyl halides is 1. The molecular formula is C13H8F4N2O3. The summed E-state index contributed by atoms with van der Waals surface area (Å²) in [5.41, 5.74) is 1.46. The summed E-state index contributed by atoms with van der Waals surface area (Å²) in [6.07, 6.45) is -0.743. The number of anilines is 1. The number of rotatable bonds is 2. The van der Waals surface area contributed by atoms with Crippen LogP contribution >= 0.6 is 0 Å². The average Bonchev–Trinajstić information content (AvgIpc) is 3.18. The van der Waals surface area contributed by atoms with Gasteiger partial charge in [-0.2, -0.15) is 0 Å². The summed E-state index contributed by atoms with van der Waals surface area (Å²) in [5.74, 6) is -7.07. The topological polar surface area (TPSA) is 85.3 Å². The molecule has 0 unspecified atom stereocenters. The molecule has 5 nitrogen and oxygen atoms in total. The fraction of sp³-hybridized carbons (Fsp3) is 0.231. The van der Waals surface area contributed by atoms with Gasteiger partial charge in [-0.15, -0.1) is 0 Å². The Hall–Kier alpha value is -2.58. The molecule has 1 heterocycles. The van der Waals surface area contributed by atoms with Gasteiger partial charge < -0.3 is 15.4 Å². The molecule has 3 rings (SSSR count). The van der Waals surface area contributed by atoms with Crippen LogP contribution in [0.1, 0.15) is 22.8 Å². The van der Waals surface area contributed by atoms with E-state index in [1.54, 1.807) is 0 Å². The first-order valence-electron chi connectivity index (χ1n) is 6.13. The van der Waals surface area contributed by atoms with Crippen molar-refractivity contribution in [2.24, 2.45) is 0 Å². The standard InChI is InChI=1S/C13H8F4N2O3/c14-4-1-5(4)19-2-3(13(21)22)12(20)6-10(18)8(16)7(15)9(17)11(6)19/h2,4-5H,1,18H2,(H,21,22)/t4-,5-/m0/s1. The first-order valence-corrected chi connectivity index (χ1v) is 6.13. The number of pyridine rings is 1. The number of hydrogen-bond donors (Lipinski definition) is 2. The number of halogens is 4. The Morgan fingerprint density at radius 2 is 1.86 bits per heavy atom. The van der Waals surface area contributed by atoms with E-state index in [1.165, 1.54) is 0 Å². The summed E-state index contributed by atoms with van der Waals surface area (Å²) in [6, 6.07) is -0.958. The summed E-state index contributed by atoms with van der Waals surface area (Å²) < 4.78 is 55.2. The van der Waals surface area contributed by atoms with Crippen LogP contribution in [-0.2, 0) is 0 Å². The van der Waals surface area contributed by atoms with Crippen LogP contribution < -0.4 is 11.2 Å². The van der Waals surface area contributed by atoms with Gasteiger partial charge in [-0.25, -0.2) is 22.4 Å². The molecule has 2 atom stereocenters. The zero-order chi connectivity index (χ0) is 16.3. The van der Waals surface area contributed by atoms with Gasteiger partial charge in [0.25, 0.3) is 0 Å². The van der Waals surface area contributed by atoms with Crippen LogP contribution in [-0.4, -0.2) is 21.8 Å².